The second-order valence-corrected chi connectivity index (χ2v) is 3.42. The van der Waals surface area contributed by atoms with Gasteiger partial charge in [-0.15, -0.1) is 0 Å². The third-order valence-electron chi connectivity index (χ3n) is 2.29. The van der Waals surface area contributed by atoms with Gasteiger partial charge in [-0.1, -0.05) is 13.0 Å². The molecule has 0 radical (unpaired) electrons. The highest BCUT2D eigenvalue weighted by atomic mass is 19.2. The molecule has 0 saturated heterocycles. The molecule has 0 bridgehead atoms. The van der Waals surface area contributed by atoms with Crippen molar-refractivity contribution in [2.75, 3.05) is 6.61 Å². The molecule has 2 N–H and O–H groups in total. The van der Waals surface area contributed by atoms with Gasteiger partial charge in [0.1, 0.15) is 0 Å². The first kappa shape index (κ1) is 12.1. The molecule has 4 heteroatoms. The van der Waals surface area contributed by atoms with E-state index in [0.29, 0.717) is 12.1 Å². The Morgan fingerprint density at radius 2 is 2.07 bits per heavy atom. The van der Waals surface area contributed by atoms with Crippen LogP contribution in [0.25, 0.3) is 0 Å². The van der Waals surface area contributed by atoms with Gasteiger partial charge in [0.2, 0.25) is 0 Å². The zero-order chi connectivity index (χ0) is 11.3. The number of hydrogen-bond donors (Lipinski definition) is 2. The summed E-state index contributed by atoms with van der Waals surface area (Å²) in [6.45, 7) is 2.41. The van der Waals surface area contributed by atoms with Crippen LogP contribution in [0.3, 0.4) is 0 Å². The van der Waals surface area contributed by atoms with E-state index in [0.717, 1.165) is 18.6 Å². The molecule has 1 aromatic carbocycles. The van der Waals surface area contributed by atoms with E-state index in [4.69, 9.17) is 5.11 Å². The summed E-state index contributed by atoms with van der Waals surface area (Å²) in [5, 5.41) is 11.9. The van der Waals surface area contributed by atoms with Crippen LogP contribution in [0.15, 0.2) is 18.2 Å². The fourth-order valence-electron chi connectivity index (χ4n) is 1.25. The van der Waals surface area contributed by atoms with Gasteiger partial charge in [-0.25, -0.2) is 8.78 Å². The lowest BCUT2D eigenvalue weighted by atomic mass is 10.2. The number of halogens is 2. The molecular formula is C11H15F2NO. The van der Waals surface area contributed by atoms with E-state index in [9.17, 15) is 8.78 Å². The standard InChI is InChI=1S/C11H15F2NO/c1-2-9(7-15)14-6-8-3-4-10(12)11(13)5-8/h3-5,9,14-15H,2,6-7H2,1H3. The van der Waals surface area contributed by atoms with Crippen molar-refractivity contribution in [3.05, 3.63) is 35.4 Å². The number of aliphatic hydroxyl groups excluding tert-OH is 1. The van der Waals surface area contributed by atoms with Gasteiger partial charge in [0, 0.05) is 12.6 Å². The molecule has 0 spiro atoms. The smallest absolute Gasteiger partial charge is 0.159 e. The molecule has 0 heterocycles. The predicted molar refractivity (Wildman–Crippen MR) is 54.4 cm³/mol. The second kappa shape index (κ2) is 5.78. The summed E-state index contributed by atoms with van der Waals surface area (Å²) in [5.41, 5.74) is 0.667. The normalized spacial score (nSPS) is 12.8. The van der Waals surface area contributed by atoms with Crippen LogP contribution in [0.4, 0.5) is 8.78 Å². The summed E-state index contributed by atoms with van der Waals surface area (Å²) in [7, 11) is 0. The Morgan fingerprint density at radius 3 is 2.60 bits per heavy atom. The van der Waals surface area contributed by atoms with E-state index in [1.165, 1.54) is 6.07 Å². The Hall–Kier alpha value is -1.00. The fourth-order valence-corrected chi connectivity index (χ4v) is 1.25. The summed E-state index contributed by atoms with van der Waals surface area (Å²) >= 11 is 0. The highest BCUT2D eigenvalue weighted by Crippen LogP contribution is 2.08. The maximum atomic E-state index is 12.8. The Kier molecular flexibility index (Phi) is 4.65. The van der Waals surface area contributed by atoms with Crippen LogP contribution >= 0.6 is 0 Å². The molecule has 1 atom stereocenters. The van der Waals surface area contributed by atoms with Gasteiger partial charge in [0.05, 0.1) is 6.61 Å². The maximum Gasteiger partial charge on any atom is 0.159 e. The first-order chi connectivity index (χ1) is 7.17. The van der Waals surface area contributed by atoms with Gasteiger partial charge in [-0.05, 0) is 24.1 Å². The molecule has 0 amide bonds. The van der Waals surface area contributed by atoms with Gasteiger partial charge in [-0.2, -0.15) is 0 Å². The highest BCUT2D eigenvalue weighted by molar-refractivity contribution is 5.17. The minimum absolute atomic E-state index is 0.00175. The summed E-state index contributed by atoms with van der Waals surface area (Å²) < 4.78 is 25.4. The van der Waals surface area contributed by atoms with Crippen molar-refractivity contribution in [3.8, 4) is 0 Å². The molecule has 0 aliphatic rings. The van der Waals surface area contributed by atoms with Crippen molar-refractivity contribution in [1.82, 2.24) is 5.32 Å². The third kappa shape index (κ3) is 3.57. The van der Waals surface area contributed by atoms with Crippen molar-refractivity contribution in [2.45, 2.75) is 25.9 Å². The van der Waals surface area contributed by atoms with E-state index in [-0.39, 0.29) is 12.6 Å². The topological polar surface area (TPSA) is 32.3 Å². The molecule has 0 saturated carbocycles. The predicted octanol–water partition coefficient (Wildman–Crippen LogP) is 1.83. The first-order valence-electron chi connectivity index (χ1n) is 4.95. The SMILES string of the molecule is CCC(CO)NCc1ccc(F)c(F)c1. The molecule has 84 valence electrons. The Labute approximate surface area is 87.9 Å². The molecule has 1 unspecified atom stereocenters. The van der Waals surface area contributed by atoms with Crippen molar-refractivity contribution in [1.29, 1.82) is 0 Å². The molecule has 1 aromatic rings. The lowest BCUT2D eigenvalue weighted by Crippen LogP contribution is -2.31. The van der Waals surface area contributed by atoms with Crippen molar-refractivity contribution in [2.24, 2.45) is 0 Å². The van der Waals surface area contributed by atoms with E-state index in [1.807, 2.05) is 6.92 Å². The first-order valence-corrected chi connectivity index (χ1v) is 4.95. The lowest BCUT2D eigenvalue weighted by Gasteiger charge is -2.13. The van der Waals surface area contributed by atoms with Crippen LogP contribution in [0.1, 0.15) is 18.9 Å². The molecule has 0 fully saturated rings. The Morgan fingerprint density at radius 1 is 1.33 bits per heavy atom. The van der Waals surface area contributed by atoms with Crippen LogP contribution in [-0.4, -0.2) is 17.8 Å². The Balaban J connectivity index is 2.54. The minimum atomic E-state index is -0.841. The van der Waals surface area contributed by atoms with Crippen molar-refractivity contribution < 1.29 is 13.9 Å². The quantitative estimate of drug-likeness (QED) is 0.785. The molecule has 0 aliphatic heterocycles. The summed E-state index contributed by atoms with van der Waals surface area (Å²) in [4.78, 5) is 0. The number of benzene rings is 1. The van der Waals surface area contributed by atoms with Gasteiger partial charge >= 0.3 is 0 Å². The van der Waals surface area contributed by atoms with E-state index in [2.05, 4.69) is 5.32 Å². The number of rotatable bonds is 5. The number of hydrogen-bond acceptors (Lipinski definition) is 2. The fraction of sp³-hybridized carbons (Fsp3) is 0.455. The summed E-state index contributed by atoms with van der Waals surface area (Å²) in [6.07, 6.45) is 0.792. The van der Waals surface area contributed by atoms with Crippen LogP contribution < -0.4 is 5.32 Å². The van der Waals surface area contributed by atoms with Gasteiger partial charge in [0.25, 0.3) is 0 Å². The highest BCUT2D eigenvalue weighted by Gasteiger charge is 2.05. The second-order valence-electron chi connectivity index (χ2n) is 3.42. The maximum absolute atomic E-state index is 12.8. The third-order valence-corrected chi connectivity index (χ3v) is 2.29. The minimum Gasteiger partial charge on any atom is -0.395 e. The van der Waals surface area contributed by atoms with Gasteiger partial charge < -0.3 is 10.4 Å². The molecule has 1 rings (SSSR count). The largest absolute Gasteiger partial charge is 0.395 e. The van der Waals surface area contributed by atoms with Gasteiger partial charge in [0.15, 0.2) is 11.6 Å². The van der Waals surface area contributed by atoms with Gasteiger partial charge in [-0.3, -0.25) is 0 Å². The monoisotopic (exact) mass is 215 g/mol. The Bertz CT molecular complexity index is 313. The van der Waals surface area contributed by atoms with Crippen LogP contribution in [0, 0.1) is 11.6 Å². The molecule has 0 aromatic heterocycles. The average Bonchev–Trinajstić information content (AvgIpc) is 2.24. The van der Waals surface area contributed by atoms with Crippen LogP contribution in [-0.2, 0) is 6.54 Å². The van der Waals surface area contributed by atoms with Crippen molar-refractivity contribution >= 4 is 0 Å². The summed E-state index contributed by atoms with van der Waals surface area (Å²) in [6, 6.07) is 3.78. The zero-order valence-corrected chi connectivity index (χ0v) is 8.63. The average molecular weight is 215 g/mol. The van der Waals surface area contributed by atoms with Crippen LogP contribution in [0.5, 0.6) is 0 Å². The van der Waals surface area contributed by atoms with Crippen LogP contribution in [0.2, 0.25) is 0 Å². The lowest BCUT2D eigenvalue weighted by molar-refractivity contribution is 0.238. The van der Waals surface area contributed by atoms with E-state index < -0.39 is 11.6 Å². The van der Waals surface area contributed by atoms with E-state index in [1.54, 1.807) is 0 Å². The molecule has 0 aliphatic carbocycles. The molecule has 15 heavy (non-hydrogen) atoms. The van der Waals surface area contributed by atoms with Crippen molar-refractivity contribution in [3.63, 3.8) is 0 Å². The molecular weight excluding hydrogens is 200 g/mol. The number of nitrogens with one attached hydrogen (secondary N) is 1. The van der Waals surface area contributed by atoms with E-state index >= 15 is 0 Å². The zero-order valence-electron chi connectivity index (χ0n) is 8.63. The number of aliphatic hydroxyl groups is 1. The summed E-state index contributed by atoms with van der Waals surface area (Å²) in [5.74, 6) is -1.68. The molecule has 2 nitrogen and oxygen atoms in total.